The van der Waals surface area contributed by atoms with Gasteiger partial charge in [-0.3, -0.25) is 0 Å². The minimum Gasteiger partial charge on any atom is -0.121 e. The molecule has 0 atom stereocenters. The van der Waals surface area contributed by atoms with Crippen LogP contribution >= 0.6 is 56.4 Å². The van der Waals surface area contributed by atoms with Gasteiger partial charge in [0.25, 0.3) is 0 Å². The molecule has 12 heavy (non-hydrogen) atoms. The first-order valence-corrected chi connectivity index (χ1v) is 8.73. The monoisotopic (exact) mass is 278 g/mol. The topological polar surface area (TPSA) is 0 Å². The van der Waals surface area contributed by atoms with Crippen molar-refractivity contribution in [3.8, 4) is 0 Å². The standard InChI is InChI=1S/C6H3Cl5Si/c7-4-2-1-3-5(8)6(4)12(9,10)11/h1-3H. The summed E-state index contributed by atoms with van der Waals surface area (Å²) in [5.74, 6) is 0. The van der Waals surface area contributed by atoms with Gasteiger partial charge in [0.1, 0.15) is 0 Å². The molecule has 6 heteroatoms. The average Bonchev–Trinajstić information content (AvgIpc) is 1.82. The molecule has 0 aliphatic rings. The Kier molecular flexibility index (Phi) is 3.61. The highest BCUT2D eigenvalue weighted by Gasteiger charge is 2.32. The zero-order chi connectivity index (χ0) is 9.35. The first-order valence-electron chi connectivity index (χ1n) is 2.94. The van der Waals surface area contributed by atoms with E-state index in [9.17, 15) is 0 Å². The fourth-order valence-corrected chi connectivity index (χ4v) is 5.43. The van der Waals surface area contributed by atoms with E-state index in [2.05, 4.69) is 0 Å². The summed E-state index contributed by atoms with van der Waals surface area (Å²) in [5.41, 5.74) is 0. The lowest BCUT2D eigenvalue weighted by Crippen LogP contribution is -2.32. The third-order valence-electron chi connectivity index (χ3n) is 1.25. The Morgan fingerprint density at radius 1 is 0.917 bits per heavy atom. The van der Waals surface area contributed by atoms with E-state index in [1.54, 1.807) is 18.2 Å². The minimum atomic E-state index is -2.97. The Morgan fingerprint density at radius 3 is 1.58 bits per heavy atom. The Bertz CT molecular complexity index is 272. The Labute approximate surface area is 95.4 Å². The van der Waals surface area contributed by atoms with Gasteiger partial charge in [0.05, 0.1) is 0 Å². The largest absolute Gasteiger partial charge is 0.375 e. The maximum absolute atomic E-state index is 5.81. The third-order valence-corrected chi connectivity index (χ3v) is 5.00. The molecule has 0 unspecified atom stereocenters. The van der Waals surface area contributed by atoms with Gasteiger partial charge in [0.15, 0.2) is 0 Å². The highest BCUT2D eigenvalue weighted by atomic mass is 35.8. The smallest absolute Gasteiger partial charge is 0.121 e. The molecular formula is C6H3Cl5Si. The number of rotatable bonds is 1. The second-order valence-corrected chi connectivity index (χ2v) is 11.2. The summed E-state index contributed by atoms with van der Waals surface area (Å²) in [6.45, 7) is 0. The van der Waals surface area contributed by atoms with Crippen molar-refractivity contribution in [1.82, 2.24) is 0 Å². The highest BCUT2D eigenvalue weighted by Crippen LogP contribution is 2.27. The first-order chi connectivity index (χ1) is 5.43. The molecular weight excluding hydrogens is 277 g/mol. The van der Waals surface area contributed by atoms with Crippen LogP contribution in [0.25, 0.3) is 0 Å². The molecule has 0 heterocycles. The van der Waals surface area contributed by atoms with Crippen LogP contribution in [0.1, 0.15) is 0 Å². The number of benzene rings is 1. The first kappa shape index (κ1) is 11.0. The second-order valence-electron chi connectivity index (χ2n) is 2.09. The molecule has 0 radical (unpaired) electrons. The van der Waals surface area contributed by atoms with Crippen LogP contribution in [0, 0.1) is 0 Å². The molecule has 0 amide bonds. The summed E-state index contributed by atoms with van der Waals surface area (Å²) < 4.78 is 0. The van der Waals surface area contributed by atoms with Crippen LogP contribution in [0.2, 0.25) is 10.0 Å². The van der Waals surface area contributed by atoms with E-state index in [-0.39, 0.29) is 0 Å². The van der Waals surface area contributed by atoms with Crippen molar-refractivity contribution in [3.63, 3.8) is 0 Å². The van der Waals surface area contributed by atoms with Crippen LogP contribution < -0.4 is 5.19 Å². The summed E-state index contributed by atoms with van der Waals surface area (Å²) in [7, 11) is 0. The molecule has 0 spiro atoms. The second kappa shape index (κ2) is 3.95. The van der Waals surface area contributed by atoms with Crippen molar-refractivity contribution < 1.29 is 0 Å². The zero-order valence-electron chi connectivity index (χ0n) is 5.62. The van der Waals surface area contributed by atoms with Gasteiger partial charge in [-0.2, -0.15) is 0 Å². The van der Waals surface area contributed by atoms with E-state index < -0.39 is 6.00 Å². The van der Waals surface area contributed by atoms with Crippen LogP contribution in [0.15, 0.2) is 18.2 Å². The Balaban J connectivity index is 3.31. The van der Waals surface area contributed by atoms with Crippen LogP contribution in [-0.2, 0) is 0 Å². The van der Waals surface area contributed by atoms with Gasteiger partial charge in [-0.25, -0.2) is 0 Å². The molecule has 0 N–H and O–H groups in total. The van der Waals surface area contributed by atoms with E-state index in [1.165, 1.54) is 0 Å². The van der Waals surface area contributed by atoms with Gasteiger partial charge in [0.2, 0.25) is 0 Å². The van der Waals surface area contributed by atoms with Crippen LogP contribution in [0.3, 0.4) is 0 Å². The zero-order valence-corrected chi connectivity index (χ0v) is 10.4. The number of halogens is 5. The lowest BCUT2D eigenvalue weighted by atomic mass is 10.4. The van der Waals surface area contributed by atoms with Gasteiger partial charge in [-0.1, -0.05) is 29.3 Å². The maximum atomic E-state index is 5.81. The van der Waals surface area contributed by atoms with Gasteiger partial charge < -0.3 is 0 Å². The van der Waals surface area contributed by atoms with Gasteiger partial charge in [0, 0.05) is 15.2 Å². The number of hydrogen-bond acceptors (Lipinski definition) is 0. The van der Waals surface area contributed by atoms with Crippen molar-refractivity contribution in [2.24, 2.45) is 0 Å². The fourth-order valence-electron chi connectivity index (χ4n) is 0.769. The van der Waals surface area contributed by atoms with Gasteiger partial charge in [-0.05, 0) is 12.1 Å². The maximum Gasteiger partial charge on any atom is 0.375 e. The molecule has 0 aliphatic carbocycles. The predicted octanol–water partition coefficient (Wildman–Crippen LogP) is 3.86. The van der Waals surface area contributed by atoms with Crippen molar-refractivity contribution in [2.75, 3.05) is 0 Å². The van der Waals surface area contributed by atoms with Crippen molar-refractivity contribution in [3.05, 3.63) is 28.2 Å². The summed E-state index contributed by atoms with van der Waals surface area (Å²) in [6.07, 6.45) is 0. The predicted molar refractivity (Wildman–Crippen MR) is 59.4 cm³/mol. The van der Waals surface area contributed by atoms with E-state index in [1.807, 2.05) is 0 Å². The molecule has 1 aromatic carbocycles. The fraction of sp³-hybridized carbons (Fsp3) is 0. The minimum absolute atomic E-state index is 0.411. The van der Waals surface area contributed by atoms with Gasteiger partial charge in [-0.15, -0.1) is 33.2 Å². The number of hydrogen-bond donors (Lipinski definition) is 0. The SMILES string of the molecule is Clc1cccc(Cl)c1[Si](Cl)(Cl)Cl. The Morgan fingerprint density at radius 2 is 1.33 bits per heavy atom. The highest BCUT2D eigenvalue weighted by molar-refractivity contribution is 7.69. The summed E-state index contributed by atoms with van der Waals surface area (Å²) in [4.78, 5) is 0. The lowest BCUT2D eigenvalue weighted by Gasteiger charge is -2.11. The quantitative estimate of drug-likeness (QED) is 0.541. The summed E-state index contributed by atoms with van der Waals surface area (Å²) in [5, 5.41) is 1.28. The molecule has 0 saturated carbocycles. The van der Waals surface area contributed by atoms with Crippen LogP contribution in [-0.4, -0.2) is 6.00 Å². The molecule has 1 aromatic rings. The molecule has 0 fully saturated rings. The van der Waals surface area contributed by atoms with Crippen molar-refractivity contribution in [1.29, 1.82) is 0 Å². The molecule has 0 saturated heterocycles. The lowest BCUT2D eigenvalue weighted by molar-refractivity contribution is 1.76. The average molecular weight is 280 g/mol. The molecule has 0 aromatic heterocycles. The van der Waals surface area contributed by atoms with Crippen molar-refractivity contribution >= 4 is 67.6 Å². The molecule has 1 rings (SSSR count). The van der Waals surface area contributed by atoms with E-state index in [4.69, 9.17) is 56.4 Å². The van der Waals surface area contributed by atoms with Gasteiger partial charge >= 0.3 is 6.00 Å². The van der Waals surface area contributed by atoms with E-state index in [0.29, 0.717) is 15.2 Å². The summed E-state index contributed by atoms with van der Waals surface area (Å²) in [6, 6.07) is 2.04. The third kappa shape index (κ3) is 2.44. The normalized spacial score (nSPS) is 11.8. The van der Waals surface area contributed by atoms with Crippen molar-refractivity contribution in [2.45, 2.75) is 0 Å². The molecule has 0 aliphatic heterocycles. The molecule has 0 bridgehead atoms. The molecule has 66 valence electrons. The Hall–Kier alpha value is 0.887. The summed E-state index contributed by atoms with van der Waals surface area (Å²) >= 11 is 28.9. The molecule has 0 nitrogen and oxygen atoms in total. The van der Waals surface area contributed by atoms with E-state index in [0.717, 1.165) is 0 Å². The van der Waals surface area contributed by atoms with Crippen LogP contribution in [0.5, 0.6) is 0 Å². The van der Waals surface area contributed by atoms with Crippen LogP contribution in [0.4, 0.5) is 0 Å². The van der Waals surface area contributed by atoms with E-state index >= 15 is 0 Å².